The highest BCUT2D eigenvalue weighted by atomic mass is 16.5. The molecular formula is C21H31N3O2. The fourth-order valence-corrected chi connectivity index (χ4v) is 4.30. The molecule has 0 amide bonds. The number of aromatic nitrogens is 1. The van der Waals surface area contributed by atoms with Gasteiger partial charge in [0.25, 0.3) is 0 Å². The van der Waals surface area contributed by atoms with Gasteiger partial charge in [-0.25, -0.2) is 0 Å². The van der Waals surface area contributed by atoms with Crippen molar-refractivity contribution in [3.05, 3.63) is 41.3 Å². The number of aliphatic hydroxyl groups is 1. The Balaban J connectivity index is 1.57. The van der Waals surface area contributed by atoms with E-state index in [1.807, 2.05) is 32.1 Å². The van der Waals surface area contributed by atoms with Gasteiger partial charge in [-0.2, -0.15) is 0 Å². The van der Waals surface area contributed by atoms with Crippen molar-refractivity contribution in [2.24, 2.45) is 0 Å². The van der Waals surface area contributed by atoms with E-state index in [1.165, 1.54) is 32.1 Å². The first-order chi connectivity index (χ1) is 12.3. The minimum atomic E-state index is -0.550. The summed E-state index contributed by atoms with van der Waals surface area (Å²) >= 11 is 0. The number of nitrogens with one attached hydrogen (secondary N) is 1. The van der Waals surface area contributed by atoms with Crippen LogP contribution in [-0.2, 0) is 4.74 Å². The van der Waals surface area contributed by atoms with Gasteiger partial charge in [0.05, 0.1) is 12.6 Å². The van der Waals surface area contributed by atoms with Gasteiger partial charge in [0.1, 0.15) is 17.2 Å². The molecule has 1 aromatic rings. The highest BCUT2D eigenvalue weighted by Crippen LogP contribution is 2.44. The third-order valence-corrected chi connectivity index (χ3v) is 6.47. The highest BCUT2D eigenvalue weighted by molar-refractivity contribution is 5.42. The smallest absolute Gasteiger partial charge is 0.116 e. The summed E-state index contributed by atoms with van der Waals surface area (Å²) < 4.78 is 8.64. The zero-order chi connectivity index (χ0) is 18.5. The Bertz CT molecular complexity index is 736. The molecule has 5 nitrogen and oxygen atoms in total. The molecule has 0 bridgehead atoms. The van der Waals surface area contributed by atoms with Crippen LogP contribution in [0, 0.1) is 6.92 Å². The van der Waals surface area contributed by atoms with Crippen LogP contribution in [0.2, 0.25) is 0 Å². The summed E-state index contributed by atoms with van der Waals surface area (Å²) in [4.78, 5) is 0. The van der Waals surface area contributed by atoms with Crippen LogP contribution in [0.5, 0.6) is 0 Å². The van der Waals surface area contributed by atoms with Crippen molar-refractivity contribution in [2.45, 2.75) is 76.1 Å². The van der Waals surface area contributed by atoms with Gasteiger partial charge in [0.2, 0.25) is 0 Å². The number of nitrogen functional groups attached to an aromatic ring is 1. The summed E-state index contributed by atoms with van der Waals surface area (Å²) in [6.45, 7) is 6.79. The Kier molecular flexibility index (Phi) is 4.20. The van der Waals surface area contributed by atoms with Crippen molar-refractivity contribution in [3.63, 3.8) is 0 Å². The van der Waals surface area contributed by atoms with Crippen molar-refractivity contribution in [3.8, 4) is 0 Å². The van der Waals surface area contributed by atoms with Gasteiger partial charge in [0, 0.05) is 17.3 Å². The second-order valence-electron chi connectivity index (χ2n) is 8.60. The zero-order valence-corrected chi connectivity index (χ0v) is 16.1. The molecular weight excluding hydrogens is 326 g/mol. The summed E-state index contributed by atoms with van der Waals surface area (Å²) in [6, 6.07) is 4.44. The fraction of sp³-hybridized carbons (Fsp3) is 0.619. The molecule has 1 aromatic heterocycles. The van der Waals surface area contributed by atoms with Crippen molar-refractivity contribution in [1.82, 2.24) is 9.88 Å². The molecule has 2 fully saturated rings. The molecule has 2 unspecified atom stereocenters. The van der Waals surface area contributed by atoms with Crippen LogP contribution in [0.25, 0.3) is 0 Å². The number of allylic oxidation sites excluding steroid dienone is 1. The molecule has 26 heavy (non-hydrogen) atoms. The molecule has 0 saturated heterocycles. The minimum absolute atomic E-state index is 0.140. The van der Waals surface area contributed by atoms with Gasteiger partial charge in [-0.3, -0.25) is 0 Å². The minimum Gasteiger partial charge on any atom is -0.508 e. The maximum absolute atomic E-state index is 10.3. The SMILES string of the molecule is CC1=C(O)C=CC(C)(OCC2(NC3CCC3)CC2)C1n1c(C)ccc1N. The average molecular weight is 357 g/mol. The number of anilines is 1. The highest BCUT2D eigenvalue weighted by Gasteiger charge is 2.48. The molecule has 0 aliphatic heterocycles. The van der Waals surface area contributed by atoms with Crippen LogP contribution in [0.4, 0.5) is 5.82 Å². The van der Waals surface area contributed by atoms with Crippen molar-refractivity contribution < 1.29 is 9.84 Å². The lowest BCUT2D eigenvalue weighted by Crippen LogP contribution is -2.49. The summed E-state index contributed by atoms with van der Waals surface area (Å²) in [5, 5.41) is 14.1. The van der Waals surface area contributed by atoms with Gasteiger partial charge < -0.3 is 25.5 Å². The van der Waals surface area contributed by atoms with Gasteiger partial charge in [-0.15, -0.1) is 0 Å². The molecule has 3 aliphatic carbocycles. The molecule has 4 N–H and O–H groups in total. The Morgan fingerprint density at radius 3 is 2.58 bits per heavy atom. The predicted octanol–water partition coefficient (Wildman–Crippen LogP) is 3.77. The second kappa shape index (κ2) is 6.17. The van der Waals surface area contributed by atoms with Gasteiger partial charge in [0.15, 0.2) is 0 Å². The number of nitrogens with zero attached hydrogens (tertiary/aromatic N) is 1. The number of aryl methyl sites for hydroxylation is 1. The normalized spacial score (nSPS) is 30.5. The molecule has 0 spiro atoms. The maximum atomic E-state index is 10.3. The Morgan fingerprint density at radius 1 is 1.31 bits per heavy atom. The van der Waals surface area contributed by atoms with Crippen LogP contribution in [-0.4, -0.2) is 33.5 Å². The number of nitrogens with two attached hydrogens (primary N) is 1. The quantitative estimate of drug-likeness (QED) is 0.725. The lowest BCUT2D eigenvalue weighted by Gasteiger charge is -2.42. The number of hydrogen-bond donors (Lipinski definition) is 3. The predicted molar refractivity (Wildman–Crippen MR) is 104 cm³/mol. The summed E-state index contributed by atoms with van der Waals surface area (Å²) in [5.41, 5.74) is 7.80. The van der Waals surface area contributed by atoms with Crippen molar-refractivity contribution in [2.75, 3.05) is 12.3 Å². The largest absolute Gasteiger partial charge is 0.508 e. The van der Waals surface area contributed by atoms with Crippen molar-refractivity contribution in [1.29, 1.82) is 0 Å². The number of ether oxygens (including phenoxy) is 1. The van der Waals surface area contributed by atoms with E-state index in [1.54, 1.807) is 6.08 Å². The van der Waals surface area contributed by atoms with Crippen LogP contribution in [0.1, 0.15) is 57.7 Å². The molecule has 0 aromatic carbocycles. The number of aliphatic hydroxyl groups excluding tert-OH is 1. The van der Waals surface area contributed by atoms with E-state index in [0.29, 0.717) is 24.2 Å². The molecule has 5 heteroatoms. The molecule has 4 rings (SSSR count). The van der Waals surface area contributed by atoms with E-state index in [2.05, 4.69) is 16.8 Å². The van der Waals surface area contributed by atoms with E-state index in [4.69, 9.17) is 10.5 Å². The first kappa shape index (κ1) is 17.7. The van der Waals surface area contributed by atoms with Crippen LogP contribution >= 0.6 is 0 Å². The monoisotopic (exact) mass is 357 g/mol. The Labute approximate surface area is 155 Å². The second-order valence-corrected chi connectivity index (χ2v) is 8.60. The average Bonchev–Trinajstić information content (AvgIpc) is 3.28. The fourth-order valence-electron chi connectivity index (χ4n) is 4.30. The van der Waals surface area contributed by atoms with Gasteiger partial charge in [-0.05, 0) is 76.3 Å². The molecule has 3 aliphatic rings. The maximum Gasteiger partial charge on any atom is 0.116 e. The summed E-state index contributed by atoms with van der Waals surface area (Å²) in [6.07, 6.45) is 10.0. The van der Waals surface area contributed by atoms with Crippen LogP contribution in [0.15, 0.2) is 35.6 Å². The van der Waals surface area contributed by atoms with Crippen LogP contribution < -0.4 is 11.1 Å². The Morgan fingerprint density at radius 2 is 2.04 bits per heavy atom. The van der Waals surface area contributed by atoms with E-state index in [9.17, 15) is 5.11 Å². The van der Waals surface area contributed by atoms with E-state index in [-0.39, 0.29) is 11.6 Å². The first-order valence-electron chi connectivity index (χ1n) is 9.78. The van der Waals surface area contributed by atoms with Crippen molar-refractivity contribution >= 4 is 5.82 Å². The van der Waals surface area contributed by atoms with Gasteiger partial charge >= 0.3 is 0 Å². The topological polar surface area (TPSA) is 72.4 Å². The van der Waals surface area contributed by atoms with Gasteiger partial charge in [-0.1, -0.05) is 6.42 Å². The standard InChI is InChI=1S/C21H31N3O2/c1-14-7-8-18(22)24(14)19-15(2)17(25)9-10-20(19,3)26-13-21(11-12-21)23-16-5-4-6-16/h7-10,16,19,23,25H,4-6,11-13,22H2,1-3H3. The third kappa shape index (κ3) is 2.97. The molecule has 142 valence electrons. The number of rotatable bonds is 6. The van der Waals surface area contributed by atoms with E-state index >= 15 is 0 Å². The third-order valence-electron chi connectivity index (χ3n) is 6.47. The molecule has 0 radical (unpaired) electrons. The lowest BCUT2D eigenvalue weighted by molar-refractivity contribution is -0.0413. The first-order valence-corrected chi connectivity index (χ1v) is 9.78. The molecule has 2 saturated carbocycles. The molecule has 1 heterocycles. The number of hydrogen-bond acceptors (Lipinski definition) is 4. The Hall–Kier alpha value is -1.72. The summed E-state index contributed by atoms with van der Waals surface area (Å²) in [5.74, 6) is 0.996. The molecule has 2 atom stereocenters. The van der Waals surface area contributed by atoms with E-state index < -0.39 is 5.60 Å². The lowest BCUT2D eigenvalue weighted by atomic mass is 9.84. The summed E-state index contributed by atoms with van der Waals surface area (Å²) in [7, 11) is 0. The van der Waals surface area contributed by atoms with Crippen LogP contribution in [0.3, 0.4) is 0 Å². The van der Waals surface area contributed by atoms with E-state index in [0.717, 1.165) is 11.3 Å². The zero-order valence-electron chi connectivity index (χ0n) is 16.1.